The summed E-state index contributed by atoms with van der Waals surface area (Å²) in [6.45, 7) is 1.86. The van der Waals surface area contributed by atoms with Gasteiger partial charge in [-0.15, -0.1) is 0 Å². The third kappa shape index (κ3) is 5.13. The molecule has 0 radical (unpaired) electrons. The molecule has 0 aliphatic carbocycles. The number of likely N-dealkylation sites (N-methyl/N-ethyl adjacent to an activating group) is 2. The molecule has 1 aromatic heterocycles. The van der Waals surface area contributed by atoms with Gasteiger partial charge in [-0.1, -0.05) is 0 Å². The number of aromatic nitrogens is 2. The van der Waals surface area contributed by atoms with Gasteiger partial charge in [-0.05, 0) is 6.92 Å². The molecule has 1 atom stereocenters. The first kappa shape index (κ1) is 16.5. The van der Waals surface area contributed by atoms with E-state index in [0.29, 0.717) is 5.69 Å². The first-order chi connectivity index (χ1) is 9.97. The van der Waals surface area contributed by atoms with Crippen LogP contribution in [-0.4, -0.2) is 64.1 Å². The van der Waals surface area contributed by atoms with Crippen LogP contribution in [0.15, 0.2) is 12.5 Å². The number of nitrogens with zero attached hydrogens (tertiary/aromatic N) is 2. The van der Waals surface area contributed by atoms with Gasteiger partial charge in [0.1, 0.15) is 12.6 Å². The quantitative estimate of drug-likeness (QED) is 0.523. The van der Waals surface area contributed by atoms with Crippen molar-refractivity contribution in [2.45, 2.75) is 19.4 Å². The molecule has 0 bridgehead atoms. The third-order valence-electron chi connectivity index (χ3n) is 2.86. The Hall–Kier alpha value is -2.58. The average Bonchev–Trinajstić information content (AvgIpc) is 2.96. The molecule has 0 aliphatic heterocycles. The number of aliphatic carboxylic acids is 1. The fourth-order valence-corrected chi connectivity index (χ4v) is 1.64. The van der Waals surface area contributed by atoms with Crippen LogP contribution in [-0.2, 0) is 16.0 Å². The highest BCUT2D eigenvalue weighted by molar-refractivity contribution is 5.86. The fourth-order valence-electron chi connectivity index (χ4n) is 1.64. The van der Waals surface area contributed by atoms with E-state index in [4.69, 9.17) is 5.11 Å². The molecule has 9 heteroatoms. The second-order valence-corrected chi connectivity index (χ2v) is 4.31. The third-order valence-corrected chi connectivity index (χ3v) is 2.86. The Kier molecular flexibility index (Phi) is 6.18. The van der Waals surface area contributed by atoms with E-state index in [1.807, 2.05) is 0 Å². The summed E-state index contributed by atoms with van der Waals surface area (Å²) in [4.78, 5) is 42.3. The van der Waals surface area contributed by atoms with Crippen LogP contribution >= 0.6 is 0 Å². The van der Waals surface area contributed by atoms with Crippen molar-refractivity contribution in [2.24, 2.45) is 0 Å². The second kappa shape index (κ2) is 7.88. The van der Waals surface area contributed by atoms with Crippen LogP contribution in [0.25, 0.3) is 0 Å². The summed E-state index contributed by atoms with van der Waals surface area (Å²) < 4.78 is 0. The summed E-state index contributed by atoms with van der Waals surface area (Å²) in [7, 11) is 1.46. The molecule has 1 aromatic rings. The Morgan fingerprint density at radius 2 is 2.19 bits per heavy atom. The number of amides is 3. The van der Waals surface area contributed by atoms with Crippen molar-refractivity contribution in [3.63, 3.8) is 0 Å². The van der Waals surface area contributed by atoms with Gasteiger partial charge >= 0.3 is 12.0 Å². The van der Waals surface area contributed by atoms with Gasteiger partial charge in [0, 0.05) is 31.9 Å². The van der Waals surface area contributed by atoms with Gasteiger partial charge in [0.05, 0.1) is 6.33 Å². The molecule has 0 spiro atoms. The maximum Gasteiger partial charge on any atom is 0.326 e. The molecule has 9 nitrogen and oxygen atoms in total. The smallest absolute Gasteiger partial charge is 0.326 e. The molecular formula is C12H19N5O4. The minimum Gasteiger partial charge on any atom is -0.480 e. The monoisotopic (exact) mass is 297 g/mol. The lowest BCUT2D eigenvalue weighted by Gasteiger charge is -2.23. The highest BCUT2D eigenvalue weighted by atomic mass is 16.4. The molecule has 0 saturated heterocycles. The van der Waals surface area contributed by atoms with Crippen LogP contribution in [0.3, 0.4) is 0 Å². The molecular weight excluding hydrogens is 278 g/mol. The summed E-state index contributed by atoms with van der Waals surface area (Å²) >= 11 is 0. The Morgan fingerprint density at radius 1 is 1.48 bits per heavy atom. The molecule has 3 amide bonds. The number of hydrogen-bond donors (Lipinski definition) is 4. The number of aromatic amines is 1. The number of carbonyl (C=O) groups is 3. The van der Waals surface area contributed by atoms with E-state index in [1.165, 1.54) is 24.5 Å². The van der Waals surface area contributed by atoms with E-state index < -0.39 is 18.0 Å². The van der Waals surface area contributed by atoms with Gasteiger partial charge in [-0.2, -0.15) is 0 Å². The molecule has 1 rings (SSSR count). The topological polar surface area (TPSA) is 127 Å². The number of imidazole rings is 1. The number of urea groups is 1. The molecule has 0 saturated carbocycles. The minimum atomic E-state index is -1.16. The minimum absolute atomic E-state index is 0.0819. The standard InChI is InChI=1S/C12H19N5O4/c1-3-17(6-10(18)13-2)12(21)16-9(11(19)20)4-8-5-14-7-15-8/h5,7,9H,3-4,6H2,1-2H3,(H,13,18)(H,14,15)(H,16,21)(H,19,20). The van der Waals surface area contributed by atoms with Crippen molar-refractivity contribution >= 4 is 17.9 Å². The summed E-state index contributed by atoms with van der Waals surface area (Å²) in [5.41, 5.74) is 0.594. The lowest BCUT2D eigenvalue weighted by Crippen LogP contribution is -2.51. The first-order valence-corrected chi connectivity index (χ1v) is 6.44. The molecule has 1 heterocycles. The van der Waals surface area contributed by atoms with E-state index in [9.17, 15) is 14.4 Å². The maximum atomic E-state index is 12.0. The van der Waals surface area contributed by atoms with Crippen molar-refractivity contribution in [1.82, 2.24) is 25.5 Å². The number of carboxylic acids is 1. The zero-order valence-corrected chi connectivity index (χ0v) is 11.9. The zero-order valence-electron chi connectivity index (χ0n) is 11.9. The Bertz CT molecular complexity index is 488. The van der Waals surface area contributed by atoms with Gasteiger partial charge in [-0.25, -0.2) is 14.6 Å². The Labute approximate surface area is 121 Å². The number of carboxylic acid groups (broad SMARTS) is 1. The average molecular weight is 297 g/mol. The van der Waals surface area contributed by atoms with Gasteiger partial charge in [-0.3, -0.25) is 4.79 Å². The summed E-state index contributed by atoms with van der Waals surface area (Å²) in [6.07, 6.45) is 3.00. The van der Waals surface area contributed by atoms with Gasteiger partial charge in [0.2, 0.25) is 5.91 Å². The van der Waals surface area contributed by atoms with Crippen LogP contribution in [0.1, 0.15) is 12.6 Å². The van der Waals surface area contributed by atoms with Crippen LogP contribution in [0.5, 0.6) is 0 Å². The molecule has 0 fully saturated rings. The van der Waals surface area contributed by atoms with E-state index in [2.05, 4.69) is 20.6 Å². The molecule has 0 aliphatic rings. The number of rotatable bonds is 7. The molecule has 21 heavy (non-hydrogen) atoms. The highest BCUT2D eigenvalue weighted by Crippen LogP contribution is 2.00. The molecule has 116 valence electrons. The van der Waals surface area contributed by atoms with Crippen molar-refractivity contribution < 1.29 is 19.5 Å². The van der Waals surface area contributed by atoms with Crippen molar-refractivity contribution in [1.29, 1.82) is 0 Å². The lowest BCUT2D eigenvalue weighted by molar-refractivity contribution is -0.139. The summed E-state index contributed by atoms with van der Waals surface area (Å²) in [6, 6.07) is -1.70. The Balaban J connectivity index is 2.66. The van der Waals surface area contributed by atoms with Crippen LogP contribution in [0.2, 0.25) is 0 Å². The van der Waals surface area contributed by atoms with Crippen molar-refractivity contribution in [3.05, 3.63) is 18.2 Å². The van der Waals surface area contributed by atoms with E-state index in [-0.39, 0.29) is 25.4 Å². The summed E-state index contributed by atoms with van der Waals surface area (Å²) in [5.74, 6) is -1.48. The fraction of sp³-hybridized carbons (Fsp3) is 0.500. The predicted octanol–water partition coefficient (Wildman–Crippen LogP) is -0.817. The lowest BCUT2D eigenvalue weighted by atomic mass is 10.1. The van der Waals surface area contributed by atoms with Crippen LogP contribution in [0, 0.1) is 0 Å². The van der Waals surface area contributed by atoms with E-state index >= 15 is 0 Å². The van der Waals surface area contributed by atoms with E-state index in [1.54, 1.807) is 6.92 Å². The second-order valence-electron chi connectivity index (χ2n) is 4.31. The Morgan fingerprint density at radius 3 is 2.67 bits per heavy atom. The van der Waals surface area contributed by atoms with Crippen molar-refractivity contribution in [2.75, 3.05) is 20.1 Å². The molecule has 0 aromatic carbocycles. The maximum absolute atomic E-state index is 12.0. The van der Waals surface area contributed by atoms with Crippen molar-refractivity contribution in [3.8, 4) is 0 Å². The number of nitrogens with one attached hydrogen (secondary N) is 3. The molecule has 4 N–H and O–H groups in total. The van der Waals surface area contributed by atoms with Crippen LogP contribution in [0.4, 0.5) is 4.79 Å². The van der Waals surface area contributed by atoms with Gasteiger partial charge in [0.15, 0.2) is 0 Å². The molecule has 1 unspecified atom stereocenters. The van der Waals surface area contributed by atoms with E-state index in [0.717, 1.165) is 0 Å². The zero-order chi connectivity index (χ0) is 15.8. The van der Waals surface area contributed by atoms with Crippen LogP contribution < -0.4 is 10.6 Å². The number of H-pyrrole nitrogens is 1. The first-order valence-electron chi connectivity index (χ1n) is 6.44. The summed E-state index contributed by atoms with van der Waals surface area (Å²) in [5, 5.41) is 14.0. The number of hydrogen-bond acceptors (Lipinski definition) is 4. The predicted molar refractivity (Wildman–Crippen MR) is 73.6 cm³/mol. The SMILES string of the molecule is CCN(CC(=O)NC)C(=O)NC(Cc1cnc[nH]1)C(=O)O. The normalized spacial score (nSPS) is 11.5. The largest absolute Gasteiger partial charge is 0.480 e. The highest BCUT2D eigenvalue weighted by Gasteiger charge is 2.24. The number of carbonyl (C=O) groups excluding carboxylic acids is 2. The van der Waals surface area contributed by atoms with Gasteiger partial charge < -0.3 is 25.6 Å². The van der Waals surface area contributed by atoms with Gasteiger partial charge in [0.25, 0.3) is 0 Å².